The second kappa shape index (κ2) is 6.92. The van der Waals surface area contributed by atoms with Gasteiger partial charge >= 0.3 is 5.97 Å². The zero-order valence-corrected chi connectivity index (χ0v) is 12.0. The quantitative estimate of drug-likeness (QED) is 0.582. The molecule has 4 nitrogen and oxygen atoms in total. The van der Waals surface area contributed by atoms with Gasteiger partial charge in [-0.25, -0.2) is 0 Å². The second-order valence-corrected chi connectivity index (χ2v) is 4.68. The lowest BCUT2D eigenvalue weighted by molar-refractivity contribution is -0.151. The molecule has 0 fully saturated rings. The number of nitrogens with zero attached hydrogens (tertiary/aromatic N) is 1. The average molecular weight is 263 g/mol. The molecule has 1 aromatic carbocycles. The van der Waals surface area contributed by atoms with Crippen LogP contribution in [0, 0.1) is 5.92 Å². The van der Waals surface area contributed by atoms with Crippen molar-refractivity contribution in [3.05, 3.63) is 29.8 Å². The van der Waals surface area contributed by atoms with E-state index < -0.39 is 11.9 Å². The molecule has 0 bridgehead atoms. The molecule has 0 heterocycles. The van der Waals surface area contributed by atoms with Crippen molar-refractivity contribution in [2.45, 2.75) is 20.3 Å². The van der Waals surface area contributed by atoms with Gasteiger partial charge in [-0.05, 0) is 38.0 Å². The number of ketones is 1. The first-order valence-corrected chi connectivity index (χ1v) is 6.39. The zero-order valence-electron chi connectivity index (χ0n) is 12.0. The fourth-order valence-corrected chi connectivity index (χ4v) is 1.80. The lowest BCUT2D eigenvalue weighted by atomic mass is 9.96. The van der Waals surface area contributed by atoms with E-state index in [9.17, 15) is 9.59 Å². The predicted molar refractivity (Wildman–Crippen MR) is 75.3 cm³/mol. The zero-order chi connectivity index (χ0) is 14.4. The average Bonchev–Trinajstić information content (AvgIpc) is 2.36. The van der Waals surface area contributed by atoms with Crippen LogP contribution in [0.1, 0.15) is 19.4 Å². The van der Waals surface area contributed by atoms with Gasteiger partial charge in [0.05, 0.1) is 6.61 Å². The SMILES string of the molecule is CCOC(=O)[C@@H](Cc1ccc(N(C)C)cc1)C(C)=O. The van der Waals surface area contributed by atoms with Crippen LogP contribution in [-0.4, -0.2) is 32.5 Å². The summed E-state index contributed by atoms with van der Waals surface area (Å²) >= 11 is 0. The van der Waals surface area contributed by atoms with Crippen LogP contribution in [0.25, 0.3) is 0 Å². The molecule has 104 valence electrons. The van der Waals surface area contributed by atoms with Crippen LogP contribution in [0.3, 0.4) is 0 Å². The molecule has 0 aromatic heterocycles. The maximum absolute atomic E-state index is 11.7. The van der Waals surface area contributed by atoms with Gasteiger partial charge in [0.15, 0.2) is 0 Å². The molecule has 0 aliphatic carbocycles. The molecule has 19 heavy (non-hydrogen) atoms. The molecule has 0 aliphatic rings. The molecule has 0 unspecified atom stereocenters. The number of carbonyl (C=O) groups excluding carboxylic acids is 2. The van der Waals surface area contributed by atoms with Crippen LogP contribution >= 0.6 is 0 Å². The van der Waals surface area contributed by atoms with E-state index in [0.29, 0.717) is 13.0 Å². The van der Waals surface area contributed by atoms with Gasteiger partial charge in [0.25, 0.3) is 0 Å². The van der Waals surface area contributed by atoms with E-state index in [0.717, 1.165) is 11.3 Å². The Kier molecular flexibility index (Phi) is 5.55. The Morgan fingerprint density at radius 2 is 1.79 bits per heavy atom. The molecular formula is C15H21NO3. The fourth-order valence-electron chi connectivity index (χ4n) is 1.80. The van der Waals surface area contributed by atoms with Crippen LogP contribution in [-0.2, 0) is 20.7 Å². The standard InChI is InChI=1S/C15H21NO3/c1-5-19-15(18)14(11(2)17)10-12-6-8-13(9-7-12)16(3)4/h6-9,14H,5,10H2,1-4H3/t14-/m0/s1. The van der Waals surface area contributed by atoms with Crippen molar-refractivity contribution in [3.63, 3.8) is 0 Å². The molecule has 0 amide bonds. The van der Waals surface area contributed by atoms with E-state index in [1.54, 1.807) is 6.92 Å². The molecule has 0 aliphatic heterocycles. The van der Waals surface area contributed by atoms with E-state index >= 15 is 0 Å². The smallest absolute Gasteiger partial charge is 0.316 e. The van der Waals surface area contributed by atoms with Crippen molar-refractivity contribution >= 4 is 17.4 Å². The van der Waals surface area contributed by atoms with Gasteiger partial charge in [-0.15, -0.1) is 0 Å². The highest BCUT2D eigenvalue weighted by atomic mass is 16.5. The van der Waals surface area contributed by atoms with Gasteiger partial charge in [0.1, 0.15) is 11.7 Å². The normalized spacial score (nSPS) is 11.8. The Morgan fingerprint density at radius 1 is 1.21 bits per heavy atom. The van der Waals surface area contributed by atoms with Crippen molar-refractivity contribution in [3.8, 4) is 0 Å². The third-order valence-corrected chi connectivity index (χ3v) is 2.95. The summed E-state index contributed by atoms with van der Waals surface area (Å²) in [7, 11) is 3.93. The van der Waals surface area contributed by atoms with Crippen LogP contribution in [0.2, 0.25) is 0 Å². The fraction of sp³-hybridized carbons (Fsp3) is 0.467. The number of hydrogen-bond acceptors (Lipinski definition) is 4. The van der Waals surface area contributed by atoms with Crippen LogP contribution in [0.5, 0.6) is 0 Å². The lowest BCUT2D eigenvalue weighted by Gasteiger charge is -2.15. The first-order chi connectivity index (χ1) is 8.95. The maximum atomic E-state index is 11.7. The molecule has 0 saturated heterocycles. The highest BCUT2D eigenvalue weighted by molar-refractivity contribution is 5.98. The van der Waals surface area contributed by atoms with Crippen molar-refractivity contribution in [1.29, 1.82) is 0 Å². The predicted octanol–water partition coefficient (Wildman–Crippen LogP) is 2.06. The summed E-state index contributed by atoms with van der Waals surface area (Å²) < 4.78 is 4.93. The van der Waals surface area contributed by atoms with E-state index in [1.165, 1.54) is 6.92 Å². The summed E-state index contributed by atoms with van der Waals surface area (Å²) in [5.41, 5.74) is 2.04. The molecule has 1 rings (SSSR count). The largest absolute Gasteiger partial charge is 0.465 e. The molecular weight excluding hydrogens is 242 g/mol. The topological polar surface area (TPSA) is 46.6 Å². The Balaban J connectivity index is 2.79. The van der Waals surface area contributed by atoms with E-state index in [4.69, 9.17) is 4.74 Å². The number of benzene rings is 1. The minimum atomic E-state index is -0.704. The van der Waals surface area contributed by atoms with Gasteiger partial charge < -0.3 is 9.64 Å². The van der Waals surface area contributed by atoms with E-state index in [-0.39, 0.29) is 5.78 Å². The number of rotatable bonds is 6. The van der Waals surface area contributed by atoms with Crippen molar-refractivity contribution < 1.29 is 14.3 Å². The minimum Gasteiger partial charge on any atom is -0.465 e. The van der Waals surface area contributed by atoms with E-state index in [2.05, 4.69) is 0 Å². The number of anilines is 1. The van der Waals surface area contributed by atoms with Gasteiger partial charge in [-0.3, -0.25) is 9.59 Å². The molecule has 0 N–H and O–H groups in total. The van der Waals surface area contributed by atoms with Crippen molar-refractivity contribution in [2.24, 2.45) is 5.92 Å². The first kappa shape index (κ1) is 15.2. The monoisotopic (exact) mass is 263 g/mol. The number of ether oxygens (including phenoxy) is 1. The molecule has 0 spiro atoms. The summed E-state index contributed by atoms with van der Waals surface area (Å²) in [5.74, 6) is -1.30. The van der Waals surface area contributed by atoms with Crippen LogP contribution < -0.4 is 4.90 Å². The summed E-state index contributed by atoms with van der Waals surface area (Å²) in [6, 6.07) is 7.81. The number of hydrogen-bond donors (Lipinski definition) is 0. The minimum absolute atomic E-state index is 0.157. The number of Topliss-reactive ketones (excluding diaryl/α,β-unsaturated/α-hetero) is 1. The molecule has 0 radical (unpaired) electrons. The Bertz CT molecular complexity index is 437. The summed E-state index contributed by atoms with van der Waals surface area (Å²) in [5, 5.41) is 0. The summed E-state index contributed by atoms with van der Waals surface area (Å²) in [4.78, 5) is 25.2. The van der Waals surface area contributed by atoms with Crippen LogP contribution in [0.15, 0.2) is 24.3 Å². The van der Waals surface area contributed by atoms with Crippen molar-refractivity contribution in [1.82, 2.24) is 0 Å². The lowest BCUT2D eigenvalue weighted by Crippen LogP contribution is -2.26. The van der Waals surface area contributed by atoms with Gasteiger partial charge in [0, 0.05) is 19.8 Å². The second-order valence-electron chi connectivity index (χ2n) is 4.68. The van der Waals surface area contributed by atoms with E-state index in [1.807, 2.05) is 43.3 Å². The highest BCUT2D eigenvalue weighted by Crippen LogP contribution is 2.16. The molecule has 0 saturated carbocycles. The van der Waals surface area contributed by atoms with Gasteiger partial charge in [-0.1, -0.05) is 12.1 Å². The molecule has 1 aromatic rings. The third kappa shape index (κ3) is 4.39. The third-order valence-electron chi connectivity index (χ3n) is 2.95. The van der Waals surface area contributed by atoms with Crippen molar-refractivity contribution in [2.75, 3.05) is 25.6 Å². The molecule has 4 heteroatoms. The van der Waals surface area contributed by atoms with Gasteiger partial charge in [0.2, 0.25) is 0 Å². The van der Waals surface area contributed by atoms with Crippen LogP contribution in [0.4, 0.5) is 5.69 Å². The maximum Gasteiger partial charge on any atom is 0.316 e. The highest BCUT2D eigenvalue weighted by Gasteiger charge is 2.24. The molecule has 1 atom stereocenters. The number of carbonyl (C=O) groups is 2. The Morgan fingerprint density at radius 3 is 2.21 bits per heavy atom. The Labute approximate surface area is 114 Å². The van der Waals surface area contributed by atoms with Gasteiger partial charge in [-0.2, -0.15) is 0 Å². The first-order valence-electron chi connectivity index (χ1n) is 6.39. The summed E-state index contributed by atoms with van der Waals surface area (Å²) in [6.45, 7) is 3.46. The summed E-state index contributed by atoms with van der Waals surface area (Å²) in [6.07, 6.45) is 0.391. The Hall–Kier alpha value is -1.84. The number of esters is 1.